The number of rotatable bonds is 5. The molecule has 4 heteroatoms. The van der Waals surface area contributed by atoms with Crippen LogP contribution < -0.4 is 11.1 Å². The highest BCUT2D eigenvalue weighted by Crippen LogP contribution is 2.43. The van der Waals surface area contributed by atoms with Gasteiger partial charge in [-0.15, -0.1) is 0 Å². The van der Waals surface area contributed by atoms with Crippen molar-refractivity contribution in [2.24, 2.45) is 5.41 Å². The minimum absolute atomic E-state index is 0.491. The Morgan fingerprint density at radius 1 is 1.35 bits per heavy atom. The molecule has 94 valence electrons. The van der Waals surface area contributed by atoms with Crippen LogP contribution in [0.1, 0.15) is 45.1 Å². The van der Waals surface area contributed by atoms with Crippen LogP contribution in [0, 0.1) is 5.41 Å². The lowest BCUT2D eigenvalue weighted by molar-refractivity contribution is 0.145. The van der Waals surface area contributed by atoms with Gasteiger partial charge < -0.3 is 11.1 Å². The lowest BCUT2D eigenvalue weighted by atomic mass is 9.67. The summed E-state index contributed by atoms with van der Waals surface area (Å²) in [7, 11) is 0. The molecule has 4 nitrogen and oxygen atoms in total. The van der Waals surface area contributed by atoms with Crippen molar-refractivity contribution >= 4 is 11.6 Å². The second kappa shape index (κ2) is 4.90. The molecule has 3 N–H and O–H groups in total. The molecule has 1 aliphatic rings. The summed E-state index contributed by atoms with van der Waals surface area (Å²) in [5.41, 5.74) is 7.39. The van der Waals surface area contributed by atoms with E-state index < -0.39 is 0 Å². The van der Waals surface area contributed by atoms with Gasteiger partial charge in [0.05, 0.1) is 0 Å². The fourth-order valence-electron chi connectivity index (χ4n) is 2.53. The van der Waals surface area contributed by atoms with Crippen LogP contribution in [0.5, 0.6) is 0 Å². The molecule has 0 aliphatic heterocycles. The Balaban J connectivity index is 2.06. The molecule has 0 spiro atoms. The van der Waals surface area contributed by atoms with E-state index in [1.165, 1.54) is 32.0 Å². The zero-order chi connectivity index (χ0) is 12.3. The normalized spacial score (nSPS) is 17.5. The molecule has 0 saturated heterocycles. The van der Waals surface area contributed by atoms with Gasteiger partial charge in [0.2, 0.25) is 0 Å². The number of nitrogens with one attached hydrogen (secondary N) is 1. The van der Waals surface area contributed by atoms with E-state index in [1.54, 1.807) is 0 Å². The first-order valence-corrected chi connectivity index (χ1v) is 6.54. The monoisotopic (exact) mass is 234 g/mol. The number of hydrogen-bond donors (Lipinski definition) is 2. The summed E-state index contributed by atoms with van der Waals surface area (Å²) in [5.74, 6) is 1.52. The van der Waals surface area contributed by atoms with E-state index in [2.05, 4.69) is 29.1 Å². The van der Waals surface area contributed by atoms with Crippen molar-refractivity contribution in [2.45, 2.75) is 46.0 Å². The lowest BCUT2D eigenvalue weighted by Gasteiger charge is -2.41. The second-order valence-electron chi connectivity index (χ2n) is 5.00. The van der Waals surface area contributed by atoms with E-state index in [4.69, 9.17) is 5.73 Å². The molecule has 0 radical (unpaired) electrons. The van der Waals surface area contributed by atoms with Crippen LogP contribution in [0.2, 0.25) is 0 Å². The minimum Gasteiger partial charge on any atom is -0.383 e. The van der Waals surface area contributed by atoms with Crippen molar-refractivity contribution in [3.05, 3.63) is 11.9 Å². The molecule has 0 unspecified atom stereocenters. The van der Waals surface area contributed by atoms with E-state index in [1.807, 2.05) is 0 Å². The van der Waals surface area contributed by atoms with E-state index in [-0.39, 0.29) is 0 Å². The standard InChI is InChI=1S/C13H22N4/c1-3-10-11(14)16-9-17-12(10)15-8-13(4-2)6-5-7-13/h9H,3-8H2,1-2H3,(H3,14,15,16,17). The van der Waals surface area contributed by atoms with Crippen molar-refractivity contribution in [1.29, 1.82) is 0 Å². The molecule has 1 heterocycles. The SMILES string of the molecule is CCc1c(N)ncnc1NCC1(CC)CCC1. The largest absolute Gasteiger partial charge is 0.383 e. The van der Waals surface area contributed by atoms with Crippen LogP contribution in [0.3, 0.4) is 0 Å². The van der Waals surface area contributed by atoms with Crippen LogP contribution >= 0.6 is 0 Å². The molecule has 1 aromatic rings. The van der Waals surface area contributed by atoms with Crippen molar-refractivity contribution < 1.29 is 0 Å². The molecule has 1 aliphatic carbocycles. The zero-order valence-electron chi connectivity index (χ0n) is 10.8. The third-order valence-corrected chi connectivity index (χ3v) is 4.13. The first-order chi connectivity index (χ1) is 8.21. The highest BCUT2D eigenvalue weighted by atomic mass is 15.0. The average molecular weight is 234 g/mol. The van der Waals surface area contributed by atoms with Gasteiger partial charge in [0.15, 0.2) is 0 Å². The first-order valence-electron chi connectivity index (χ1n) is 6.54. The predicted molar refractivity (Wildman–Crippen MR) is 70.9 cm³/mol. The summed E-state index contributed by atoms with van der Waals surface area (Å²) in [5, 5.41) is 3.47. The molecular weight excluding hydrogens is 212 g/mol. The minimum atomic E-state index is 0.491. The van der Waals surface area contributed by atoms with Crippen molar-refractivity contribution in [3.8, 4) is 0 Å². The first kappa shape index (κ1) is 12.1. The molecule has 1 fully saturated rings. The highest BCUT2D eigenvalue weighted by molar-refractivity contribution is 5.54. The number of anilines is 2. The van der Waals surface area contributed by atoms with Gasteiger partial charge in [-0.25, -0.2) is 9.97 Å². The zero-order valence-corrected chi connectivity index (χ0v) is 10.8. The summed E-state index contributed by atoms with van der Waals surface area (Å²) < 4.78 is 0. The number of aromatic nitrogens is 2. The molecule has 0 atom stereocenters. The van der Waals surface area contributed by atoms with E-state index in [0.717, 1.165) is 24.3 Å². The van der Waals surface area contributed by atoms with Crippen LogP contribution in [0.25, 0.3) is 0 Å². The van der Waals surface area contributed by atoms with Crippen LogP contribution in [0.15, 0.2) is 6.33 Å². The van der Waals surface area contributed by atoms with Gasteiger partial charge in [-0.1, -0.05) is 20.3 Å². The predicted octanol–water partition coefficient (Wildman–Crippen LogP) is 2.61. The van der Waals surface area contributed by atoms with Gasteiger partial charge in [0.1, 0.15) is 18.0 Å². The summed E-state index contributed by atoms with van der Waals surface area (Å²) in [6.07, 6.45) is 7.67. The summed E-state index contributed by atoms with van der Waals surface area (Å²) >= 11 is 0. The third kappa shape index (κ3) is 2.35. The third-order valence-electron chi connectivity index (χ3n) is 4.13. The van der Waals surface area contributed by atoms with Gasteiger partial charge in [0.25, 0.3) is 0 Å². The molecular formula is C13H22N4. The van der Waals surface area contributed by atoms with Crippen LogP contribution in [-0.4, -0.2) is 16.5 Å². The van der Waals surface area contributed by atoms with Crippen molar-refractivity contribution in [3.63, 3.8) is 0 Å². The van der Waals surface area contributed by atoms with Gasteiger partial charge in [-0.2, -0.15) is 0 Å². The quantitative estimate of drug-likeness (QED) is 0.822. The maximum absolute atomic E-state index is 5.86. The molecule has 0 amide bonds. The van der Waals surface area contributed by atoms with E-state index >= 15 is 0 Å². The Morgan fingerprint density at radius 3 is 2.65 bits per heavy atom. The second-order valence-corrected chi connectivity index (χ2v) is 5.00. The Labute approximate surface area is 103 Å². The maximum Gasteiger partial charge on any atom is 0.134 e. The molecule has 17 heavy (non-hydrogen) atoms. The van der Waals surface area contributed by atoms with Crippen molar-refractivity contribution in [1.82, 2.24) is 9.97 Å². The summed E-state index contributed by atoms with van der Waals surface area (Å²) in [6.45, 7) is 5.36. The number of hydrogen-bond acceptors (Lipinski definition) is 4. The smallest absolute Gasteiger partial charge is 0.134 e. The average Bonchev–Trinajstić information content (AvgIpc) is 2.28. The van der Waals surface area contributed by atoms with Crippen LogP contribution in [0.4, 0.5) is 11.6 Å². The highest BCUT2D eigenvalue weighted by Gasteiger charge is 2.34. The molecule has 1 aromatic heterocycles. The Kier molecular flexibility index (Phi) is 3.50. The van der Waals surface area contributed by atoms with Gasteiger partial charge >= 0.3 is 0 Å². The van der Waals surface area contributed by atoms with Gasteiger partial charge in [-0.3, -0.25) is 0 Å². The molecule has 0 aromatic carbocycles. The molecule has 1 saturated carbocycles. The Hall–Kier alpha value is -1.32. The molecule has 2 rings (SSSR count). The molecule has 0 bridgehead atoms. The number of nitrogens with two attached hydrogens (primary N) is 1. The van der Waals surface area contributed by atoms with E-state index in [9.17, 15) is 0 Å². The number of nitrogens with zero attached hydrogens (tertiary/aromatic N) is 2. The summed E-state index contributed by atoms with van der Waals surface area (Å²) in [4.78, 5) is 8.34. The Bertz CT molecular complexity index is 379. The topological polar surface area (TPSA) is 63.8 Å². The summed E-state index contributed by atoms with van der Waals surface area (Å²) in [6, 6.07) is 0. The van der Waals surface area contributed by atoms with Crippen LogP contribution in [-0.2, 0) is 6.42 Å². The lowest BCUT2D eigenvalue weighted by Crippen LogP contribution is -2.36. The fourth-order valence-corrected chi connectivity index (χ4v) is 2.53. The fraction of sp³-hybridized carbons (Fsp3) is 0.692. The number of nitrogen functional groups attached to an aromatic ring is 1. The Morgan fingerprint density at radius 2 is 2.12 bits per heavy atom. The van der Waals surface area contributed by atoms with E-state index in [0.29, 0.717) is 11.2 Å². The van der Waals surface area contributed by atoms with Gasteiger partial charge in [0, 0.05) is 12.1 Å². The van der Waals surface area contributed by atoms with Crippen molar-refractivity contribution in [2.75, 3.05) is 17.6 Å². The maximum atomic E-state index is 5.86. The van der Waals surface area contributed by atoms with Gasteiger partial charge in [-0.05, 0) is 31.1 Å².